The number of benzene rings is 1. The minimum Gasteiger partial charge on any atom is -0.454 e. The number of anilines is 1. The highest BCUT2D eigenvalue weighted by molar-refractivity contribution is 8.02. The quantitative estimate of drug-likeness (QED) is 0.437. The smallest absolute Gasteiger partial charge is 0.269 e. The summed E-state index contributed by atoms with van der Waals surface area (Å²) in [5, 5.41) is 0.880. The highest BCUT2D eigenvalue weighted by Crippen LogP contribution is 2.39. The zero-order valence-electron chi connectivity index (χ0n) is 17.8. The van der Waals surface area contributed by atoms with Crippen molar-refractivity contribution in [2.45, 2.75) is 31.3 Å². The van der Waals surface area contributed by atoms with Gasteiger partial charge in [-0.2, -0.15) is 0 Å². The Morgan fingerprint density at radius 3 is 2.94 bits per heavy atom. The molecular formula is C21H22N6O4S2. The largest absolute Gasteiger partial charge is 0.454 e. The van der Waals surface area contributed by atoms with E-state index in [1.807, 2.05) is 25.1 Å². The molecule has 3 N–H and O–H groups in total. The van der Waals surface area contributed by atoms with Crippen molar-refractivity contribution in [1.82, 2.24) is 24.2 Å². The number of hydrogen-bond acceptors (Lipinski definition) is 9. The van der Waals surface area contributed by atoms with E-state index in [-0.39, 0.29) is 18.1 Å². The molecule has 0 fully saturated rings. The molecule has 10 nitrogen and oxygen atoms in total. The van der Waals surface area contributed by atoms with Gasteiger partial charge in [0.2, 0.25) is 15.1 Å². The second-order valence-corrected chi connectivity index (χ2v) is 9.94. The predicted octanol–water partition coefficient (Wildman–Crippen LogP) is 2.36. The van der Waals surface area contributed by atoms with Crippen molar-refractivity contribution in [2.24, 2.45) is 0 Å². The molecule has 0 spiro atoms. The molecule has 33 heavy (non-hydrogen) atoms. The van der Waals surface area contributed by atoms with Crippen LogP contribution >= 0.6 is 11.8 Å². The fourth-order valence-corrected chi connectivity index (χ4v) is 5.07. The second kappa shape index (κ2) is 9.70. The first-order valence-corrected chi connectivity index (χ1v) is 12.6. The molecule has 0 saturated heterocycles. The molecule has 0 amide bonds. The van der Waals surface area contributed by atoms with Crippen LogP contribution in [-0.2, 0) is 26.0 Å². The van der Waals surface area contributed by atoms with E-state index in [9.17, 15) is 8.42 Å². The van der Waals surface area contributed by atoms with Gasteiger partial charge in [0.05, 0.1) is 5.75 Å². The molecule has 1 atom stereocenters. The number of terminal acetylenes is 1. The van der Waals surface area contributed by atoms with Gasteiger partial charge in [-0.3, -0.25) is 0 Å². The number of nitrogens with one attached hydrogen (secondary N) is 1. The Bertz CT molecular complexity index is 1350. The Labute approximate surface area is 195 Å². The summed E-state index contributed by atoms with van der Waals surface area (Å²) < 4.78 is 40.5. The predicted molar refractivity (Wildman–Crippen MR) is 125 cm³/mol. The van der Waals surface area contributed by atoms with Crippen LogP contribution in [0.25, 0.3) is 11.2 Å². The van der Waals surface area contributed by atoms with Gasteiger partial charge in [-0.1, -0.05) is 31.0 Å². The van der Waals surface area contributed by atoms with E-state index in [2.05, 4.69) is 25.6 Å². The summed E-state index contributed by atoms with van der Waals surface area (Å²) >= 11 is 1.17. The van der Waals surface area contributed by atoms with Crippen LogP contribution in [0, 0.1) is 12.3 Å². The first kappa shape index (κ1) is 22.9. The van der Waals surface area contributed by atoms with Gasteiger partial charge in [0.25, 0.3) is 6.29 Å². The molecular weight excluding hydrogens is 464 g/mol. The van der Waals surface area contributed by atoms with Crippen molar-refractivity contribution in [1.29, 1.82) is 0 Å². The molecule has 3 heterocycles. The second-order valence-electron chi connectivity index (χ2n) is 7.05. The van der Waals surface area contributed by atoms with Gasteiger partial charge < -0.3 is 19.8 Å². The molecule has 1 aromatic carbocycles. The maximum atomic E-state index is 12.3. The topological polar surface area (TPSA) is 134 Å². The Morgan fingerprint density at radius 2 is 2.15 bits per heavy atom. The number of nitrogen functional groups attached to an aromatic ring is 1. The third-order valence-electron chi connectivity index (χ3n) is 4.75. The van der Waals surface area contributed by atoms with Gasteiger partial charge in [-0.05, 0) is 24.2 Å². The molecule has 172 valence electrons. The lowest BCUT2D eigenvalue weighted by molar-refractivity contribution is -0.0275. The van der Waals surface area contributed by atoms with Crippen LogP contribution in [0.4, 0.5) is 5.82 Å². The molecule has 4 rings (SSSR count). The molecule has 0 bridgehead atoms. The lowest BCUT2D eigenvalue weighted by Gasteiger charge is -2.14. The average Bonchev–Trinajstić information content (AvgIpc) is 3.42. The van der Waals surface area contributed by atoms with E-state index < -0.39 is 16.3 Å². The highest BCUT2D eigenvalue weighted by atomic mass is 32.2. The first-order valence-electron chi connectivity index (χ1n) is 10.1. The SMILES string of the molecule is C#Cc1ccccc1C1OC=C(Sc2nc3c(N)ncnc3n2CCS(=O)(=O)NCCC)O1. The maximum Gasteiger partial charge on any atom is 0.269 e. The van der Waals surface area contributed by atoms with Crippen molar-refractivity contribution in [3.63, 3.8) is 0 Å². The average molecular weight is 487 g/mol. The number of fused-ring (bicyclic) bond motifs is 1. The highest BCUT2D eigenvalue weighted by Gasteiger charge is 2.27. The molecule has 0 radical (unpaired) electrons. The zero-order valence-corrected chi connectivity index (χ0v) is 19.4. The van der Waals surface area contributed by atoms with Gasteiger partial charge >= 0.3 is 0 Å². The number of thioether (sulfide) groups is 1. The fraction of sp³-hybridized carbons (Fsp3) is 0.286. The third-order valence-corrected chi connectivity index (χ3v) is 7.01. The summed E-state index contributed by atoms with van der Waals surface area (Å²) in [6, 6.07) is 7.33. The normalized spacial score (nSPS) is 15.6. The van der Waals surface area contributed by atoms with Crippen LogP contribution in [0.3, 0.4) is 0 Å². The van der Waals surface area contributed by atoms with E-state index in [1.54, 1.807) is 10.6 Å². The zero-order chi connectivity index (χ0) is 23.4. The standard InChI is InChI=1S/C21H22N6O4S2/c1-3-9-25-33(28,29)11-10-27-19-17(18(22)23-13-24-19)26-21(27)32-16-12-30-20(31-16)15-8-6-5-7-14(15)4-2/h2,5-8,12-13,20,25H,3,9-11H2,1H3,(H2,22,23,24). The van der Waals surface area contributed by atoms with Gasteiger partial charge in [0.15, 0.2) is 22.1 Å². The number of aromatic nitrogens is 4. The summed E-state index contributed by atoms with van der Waals surface area (Å²) in [7, 11) is -3.47. The number of aryl methyl sites for hydroxylation is 1. The number of ether oxygens (including phenoxy) is 2. The van der Waals surface area contributed by atoms with Crippen molar-refractivity contribution in [2.75, 3.05) is 18.0 Å². The van der Waals surface area contributed by atoms with E-state index in [0.29, 0.717) is 39.9 Å². The molecule has 12 heteroatoms. The summed E-state index contributed by atoms with van der Waals surface area (Å²) in [6.07, 6.45) is 8.37. The lowest BCUT2D eigenvalue weighted by Crippen LogP contribution is -2.29. The Kier molecular flexibility index (Phi) is 6.73. The van der Waals surface area contributed by atoms with Crippen molar-refractivity contribution < 1.29 is 17.9 Å². The number of nitrogens with two attached hydrogens (primary N) is 1. The van der Waals surface area contributed by atoms with Crippen LogP contribution in [0.15, 0.2) is 47.1 Å². The minimum absolute atomic E-state index is 0.117. The summed E-state index contributed by atoms with van der Waals surface area (Å²) in [4.78, 5) is 12.7. The molecule has 1 aliphatic rings. The molecule has 2 aromatic heterocycles. The summed E-state index contributed by atoms with van der Waals surface area (Å²) in [5.41, 5.74) is 8.18. The number of rotatable bonds is 9. The Balaban J connectivity index is 1.57. The maximum absolute atomic E-state index is 12.3. The van der Waals surface area contributed by atoms with E-state index in [4.69, 9.17) is 21.6 Å². The number of sulfonamides is 1. The summed E-state index contributed by atoms with van der Waals surface area (Å²) in [5.74, 6) is 2.67. The van der Waals surface area contributed by atoms with Gasteiger partial charge in [-0.25, -0.2) is 28.1 Å². The molecule has 1 unspecified atom stereocenters. The molecule has 0 aliphatic carbocycles. The van der Waals surface area contributed by atoms with Gasteiger partial charge in [-0.15, -0.1) is 6.42 Å². The molecule has 1 aliphatic heterocycles. The summed E-state index contributed by atoms with van der Waals surface area (Å²) in [6.45, 7) is 2.39. The van der Waals surface area contributed by atoms with Crippen molar-refractivity contribution >= 4 is 38.8 Å². The van der Waals surface area contributed by atoms with Crippen molar-refractivity contribution in [3.05, 3.63) is 53.1 Å². The number of imidazole rings is 1. The van der Waals surface area contributed by atoms with Crippen LogP contribution in [0.2, 0.25) is 0 Å². The van der Waals surface area contributed by atoms with E-state index in [0.717, 1.165) is 5.56 Å². The number of nitrogens with zero attached hydrogens (tertiary/aromatic N) is 4. The monoisotopic (exact) mass is 486 g/mol. The first-order chi connectivity index (χ1) is 15.9. The van der Waals surface area contributed by atoms with Crippen molar-refractivity contribution in [3.8, 4) is 12.3 Å². The van der Waals surface area contributed by atoms with E-state index in [1.165, 1.54) is 24.4 Å². The van der Waals surface area contributed by atoms with Crippen LogP contribution in [0.5, 0.6) is 0 Å². The molecule has 0 saturated carbocycles. The Hall–Kier alpha value is -3.27. The Morgan fingerprint density at radius 1 is 1.33 bits per heavy atom. The third kappa shape index (κ3) is 5.05. The fourth-order valence-electron chi connectivity index (χ4n) is 3.14. The van der Waals surface area contributed by atoms with Crippen LogP contribution in [-0.4, -0.2) is 40.2 Å². The van der Waals surface area contributed by atoms with Crippen LogP contribution in [0.1, 0.15) is 30.8 Å². The minimum atomic E-state index is -3.47. The van der Waals surface area contributed by atoms with Crippen LogP contribution < -0.4 is 10.5 Å². The molecule has 3 aromatic rings. The van der Waals surface area contributed by atoms with Gasteiger partial charge in [0.1, 0.15) is 12.6 Å². The number of hydrogen-bond donors (Lipinski definition) is 2. The van der Waals surface area contributed by atoms with E-state index >= 15 is 0 Å². The lowest BCUT2D eigenvalue weighted by atomic mass is 10.1. The van der Waals surface area contributed by atoms with Gasteiger partial charge in [0, 0.05) is 24.2 Å².